The lowest BCUT2D eigenvalue weighted by Gasteiger charge is -2.30. The number of aromatic nitrogens is 4. The molecule has 65 heavy (non-hydrogen) atoms. The Labute approximate surface area is 371 Å². The second-order valence-electron chi connectivity index (χ2n) is 15.2. The van der Waals surface area contributed by atoms with Gasteiger partial charge >= 0.3 is 17.2 Å². The van der Waals surface area contributed by atoms with Crippen LogP contribution in [-0.2, 0) is 0 Å². The highest BCUT2D eigenvalue weighted by Gasteiger charge is 2.74. The maximum absolute atomic E-state index is 17.4. The molecule has 3 aromatic heterocycles. The summed E-state index contributed by atoms with van der Waals surface area (Å²) in [5.74, 6) is -20.2. The first-order chi connectivity index (χ1) is 31.2. The van der Waals surface area contributed by atoms with Crippen LogP contribution in [0, 0.1) is 28.6 Å². The van der Waals surface area contributed by atoms with Crippen LogP contribution in [0.25, 0.3) is 84.3 Å². The summed E-state index contributed by atoms with van der Waals surface area (Å²) < 4.78 is 109. The van der Waals surface area contributed by atoms with Gasteiger partial charge in [-0.3, -0.25) is 4.98 Å². The lowest BCUT2D eigenvalue weighted by atomic mass is 9.80. The summed E-state index contributed by atoms with van der Waals surface area (Å²) in [6.07, 6.45) is 3.71. The molecule has 0 radical (unpaired) electrons. The monoisotopic (exact) mass is 894 g/mol. The molecule has 2 aliphatic rings. The average molecular weight is 895 g/mol. The van der Waals surface area contributed by atoms with Crippen molar-refractivity contribution in [3.63, 3.8) is 0 Å². The van der Waals surface area contributed by atoms with Gasteiger partial charge in [-0.2, -0.15) is 36.9 Å². The van der Waals surface area contributed by atoms with Crippen molar-refractivity contribution >= 4 is 51.4 Å². The van der Waals surface area contributed by atoms with Gasteiger partial charge in [-0.25, -0.2) is 9.37 Å². The first-order valence-corrected chi connectivity index (χ1v) is 20.3. The summed E-state index contributed by atoms with van der Waals surface area (Å²) in [5.41, 5.74) is 2.88. The number of nitriles is 2. The van der Waals surface area contributed by atoms with Crippen LogP contribution < -0.4 is 0 Å². The van der Waals surface area contributed by atoms with Gasteiger partial charge in [0.05, 0.1) is 40.8 Å². The zero-order valence-corrected chi connectivity index (χ0v) is 34.2. The van der Waals surface area contributed by atoms with Gasteiger partial charge in [-0.15, -0.1) is 0 Å². The molecule has 9 rings (SSSR count). The van der Waals surface area contributed by atoms with Crippen LogP contribution in [0.2, 0.25) is 0 Å². The highest BCUT2D eigenvalue weighted by atomic mass is 35.5. The van der Waals surface area contributed by atoms with Crippen molar-refractivity contribution in [2.24, 2.45) is 5.92 Å². The molecule has 0 aliphatic carbocycles. The van der Waals surface area contributed by atoms with Crippen LogP contribution in [-0.4, -0.2) is 37.2 Å². The molecule has 0 spiro atoms. The van der Waals surface area contributed by atoms with Gasteiger partial charge < -0.3 is 9.97 Å². The Hall–Kier alpha value is -7.74. The predicted molar refractivity (Wildman–Crippen MR) is 238 cm³/mol. The Morgan fingerprint density at radius 2 is 0.908 bits per heavy atom. The van der Waals surface area contributed by atoms with Crippen LogP contribution in [0.5, 0.6) is 0 Å². The van der Waals surface area contributed by atoms with E-state index in [0.29, 0.717) is 44.7 Å². The fourth-order valence-electron chi connectivity index (χ4n) is 8.34. The molecule has 0 fully saturated rings. The SMILES string of the molecule is N#CC(C#N)C1/C(=C(\F)C(F)(F)C(F)(F)C(F)(F)Cl)c2nc1c(-c1ccccc1)c1ccc([nH]1)c(-c1ccccc1)c1nc(c(-c3ccccc3)c3ccc([nH]3)c2-c2ccccc2)C=C1. The topological polar surface area (TPSA) is 105 Å². The van der Waals surface area contributed by atoms with Crippen molar-refractivity contribution in [1.29, 1.82) is 10.5 Å². The molecule has 320 valence electrons. The standard InChI is InChI=1S/C51H30ClF7N6/c52-51(58,59)50(56,57)49(54,55)48(53)45-44(33(27-60)28-61)46-42(31-17-9-3-10-18-31)38-25-23-36(63-38)40(29-13-5-1-6-14-29)34-21-22-35(62-34)41(30-15-7-2-8-16-30)37-24-26-39(64-37)43(47(45)65-46)32-19-11-4-12-20-32/h1-26,33,44,63-64H/b40-34?,40-36?,41-35?,41-37?,42-38?,43-39?,46-42?,47-43?,48-45+. The van der Waals surface area contributed by atoms with Crippen molar-refractivity contribution < 1.29 is 30.7 Å². The smallest absolute Gasteiger partial charge is 0.354 e. The van der Waals surface area contributed by atoms with E-state index in [4.69, 9.17) is 9.97 Å². The Bertz CT molecular complexity index is 3280. The van der Waals surface area contributed by atoms with E-state index in [2.05, 4.69) is 21.6 Å². The number of H-pyrrole nitrogens is 2. The van der Waals surface area contributed by atoms with E-state index in [9.17, 15) is 19.3 Å². The summed E-state index contributed by atoms with van der Waals surface area (Å²) in [7, 11) is 0. The normalized spacial score (nSPS) is 14.8. The van der Waals surface area contributed by atoms with Crippen molar-refractivity contribution in [2.75, 3.05) is 0 Å². The summed E-state index contributed by atoms with van der Waals surface area (Å²) in [5, 5.41) is 15.1. The third-order valence-corrected chi connectivity index (χ3v) is 11.5. The lowest BCUT2D eigenvalue weighted by Crippen LogP contribution is -2.52. The number of hydrogen-bond acceptors (Lipinski definition) is 4. The van der Waals surface area contributed by atoms with Crippen molar-refractivity contribution in [1.82, 2.24) is 19.9 Å². The first kappa shape index (κ1) is 42.6. The van der Waals surface area contributed by atoms with Gasteiger partial charge in [0, 0.05) is 49.9 Å². The van der Waals surface area contributed by atoms with Crippen molar-refractivity contribution in [3.8, 4) is 56.6 Å². The Morgan fingerprint density at radius 3 is 1.31 bits per heavy atom. The lowest BCUT2D eigenvalue weighted by molar-refractivity contribution is -0.269. The fourth-order valence-corrected chi connectivity index (χ4v) is 8.46. The van der Waals surface area contributed by atoms with Crippen molar-refractivity contribution in [3.05, 3.63) is 174 Å². The average Bonchev–Trinajstić information content (AvgIpc) is 4.15. The first-order valence-electron chi connectivity index (χ1n) is 20.0. The number of benzene rings is 4. The van der Waals surface area contributed by atoms with E-state index in [0.717, 1.165) is 5.56 Å². The molecule has 5 heterocycles. The summed E-state index contributed by atoms with van der Waals surface area (Å²) >= 11 is 4.61. The number of fused-ring (bicyclic) bond motifs is 8. The highest BCUT2D eigenvalue weighted by Crippen LogP contribution is 2.57. The minimum Gasteiger partial charge on any atom is -0.354 e. The maximum atomic E-state index is 17.4. The largest absolute Gasteiger partial charge is 0.393 e. The van der Waals surface area contributed by atoms with Gasteiger partial charge in [0.25, 0.3) is 0 Å². The fraction of sp³-hybridized carbons (Fsp3) is 0.0980. The zero-order valence-electron chi connectivity index (χ0n) is 33.5. The van der Waals surface area contributed by atoms with Crippen LogP contribution in [0.1, 0.15) is 28.7 Å². The van der Waals surface area contributed by atoms with E-state index in [-0.39, 0.29) is 33.4 Å². The molecule has 7 aromatic rings. The molecule has 8 bridgehead atoms. The quantitative estimate of drug-likeness (QED) is 0.117. The number of rotatable bonds is 8. The van der Waals surface area contributed by atoms with E-state index < -0.39 is 46.2 Å². The minimum atomic E-state index is -6.53. The third kappa shape index (κ3) is 7.24. The van der Waals surface area contributed by atoms with E-state index in [1.807, 2.05) is 72.8 Å². The number of alkyl halides is 7. The number of halogens is 8. The number of aromatic amines is 2. The molecule has 1 unspecified atom stereocenters. The van der Waals surface area contributed by atoms with E-state index in [1.165, 1.54) is 12.1 Å². The minimum absolute atomic E-state index is 0.0605. The predicted octanol–water partition coefficient (Wildman–Crippen LogP) is 14.4. The molecule has 4 aromatic carbocycles. The molecule has 1 atom stereocenters. The Kier molecular flexibility index (Phi) is 10.8. The van der Waals surface area contributed by atoms with Gasteiger partial charge in [0.15, 0.2) is 5.83 Å². The maximum Gasteiger partial charge on any atom is 0.393 e. The van der Waals surface area contributed by atoms with Crippen LogP contribution in [0.15, 0.2) is 151 Å². The molecule has 2 N–H and O–H groups in total. The molecule has 14 heteroatoms. The van der Waals surface area contributed by atoms with Gasteiger partial charge in [0.2, 0.25) is 0 Å². The highest BCUT2D eigenvalue weighted by molar-refractivity contribution is 6.22. The van der Waals surface area contributed by atoms with Crippen LogP contribution in [0.4, 0.5) is 30.7 Å². The van der Waals surface area contributed by atoms with Gasteiger partial charge in [0.1, 0.15) is 5.92 Å². The second-order valence-corrected chi connectivity index (χ2v) is 15.7. The number of nitrogens with one attached hydrogen (secondary N) is 2. The Morgan fingerprint density at radius 1 is 0.538 bits per heavy atom. The van der Waals surface area contributed by atoms with Gasteiger partial charge in [-0.1, -0.05) is 121 Å². The molecule has 0 saturated heterocycles. The Balaban J connectivity index is 1.58. The third-order valence-electron chi connectivity index (χ3n) is 11.3. The van der Waals surface area contributed by atoms with Crippen LogP contribution >= 0.6 is 11.6 Å². The molecule has 2 aliphatic heterocycles. The number of allylic oxidation sites excluding steroid dienone is 2. The molecular formula is C51H30ClF7N6. The number of nitrogens with zero attached hydrogens (tertiary/aromatic N) is 4. The van der Waals surface area contributed by atoms with Crippen molar-refractivity contribution in [2.45, 2.75) is 23.1 Å². The van der Waals surface area contributed by atoms with Gasteiger partial charge in [-0.05, 0) is 70.3 Å². The molecule has 0 saturated carbocycles. The zero-order chi connectivity index (χ0) is 45.7. The summed E-state index contributed by atoms with van der Waals surface area (Å²) in [4.78, 5) is 16.7. The number of hydrogen-bond donors (Lipinski definition) is 2. The van der Waals surface area contributed by atoms with Crippen LogP contribution in [0.3, 0.4) is 0 Å². The summed E-state index contributed by atoms with van der Waals surface area (Å²) in [6, 6.07) is 44.5. The molecule has 0 amide bonds. The molecule has 6 nitrogen and oxygen atoms in total. The van der Waals surface area contributed by atoms with E-state index in [1.54, 1.807) is 84.9 Å². The van der Waals surface area contributed by atoms with E-state index >= 15 is 22.0 Å². The molecular weight excluding hydrogens is 865 g/mol. The second kappa shape index (κ2) is 16.4. The summed E-state index contributed by atoms with van der Waals surface area (Å²) in [6.45, 7) is 0.